The Morgan fingerprint density at radius 3 is 2.75 bits per heavy atom. The lowest BCUT2D eigenvalue weighted by molar-refractivity contribution is -0.466. The molecule has 1 aliphatic heterocycles. The highest BCUT2D eigenvalue weighted by molar-refractivity contribution is 5.96. The zero-order valence-electron chi connectivity index (χ0n) is 9.24. The predicted molar refractivity (Wildman–Crippen MR) is 61.2 cm³/mol. The number of carbonyl (C=O) groups excluding carboxylic acids is 1. The molecular formula is C13H16NO2+. The molecular weight excluding hydrogens is 202 g/mol. The maximum Gasteiger partial charge on any atom is 0.347 e. The van der Waals surface area contributed by atoms with Crippen LogP contribution in [0, 0.1) is 0 Å². The van der Waals surface area contributed by atoms with Gasteiger partial charge < -0.3 is 4.74 Å². The molecule has 1 N–H and O–H groups in total. The van der Waals surface area contributed by atoms with Gasteiger partial charge in [-0.2, -0.15) is 0 Å². The highest BCUT2D eigenvalue weighted by atomic mass is 16.5. The fraction of sp³-hybridized carbons (Fsp3) is 0.385. The number of hydrogen-bond donors (Lipinski definition) is 1. The molecule has 0 bridgehead atoms. The average Bonchev–Trinajstić information content (AvgIpc) is 2.59. The standard InChI is InChI=1S/C13H15NO2/c15-13(11-7-3-1-4-8-11)16-12-9-5-2-6-10-14-12/h1,3-4,7-8H,2,5-6,9-10H2/p+1. The SMILES string of the molecule is O=C(OC1=[NH+]CCCCC1)c1ccccc1. The first-order chi connectivity index (χ1) is 7.86. The second-order valence-electron chi connectivity index (χ2n) is 3.92. The molecule has 1 aromatic carbocycles. The molecule has 16 heavy (non-hydrogen) atoms. The minimum atomic E-state index is -0.273. The van der Waals surface area contributed by atoms with Crippen LogP contribution in [0.15, 0.2) is 30.3 Å². The summed E-state index contributed by atoms with van der Waals surface area (Å²) in [5.41, 5.74) is 0.598. The van der Waals surface area contributed by atoms with E-state index < -0.39 is 0 Å². The van der Waals surface area contributed by atoms with Crippen LogP contribution < -0.4 is 4.99 Å². The second-order valence-corrected chi connectivity index (χ2v) is 3.92. The fourth-order valence-corrected chi connectivity index (χ4v) is 1.74. The molecule has 1 heterocycles. The summed E-state index contributed by atoms with van der Waals surface area (Å²) in [4.78, 5) is 14.9. The average molecular weight is 218 g/mol. The first-order valence-electron chi connectivity index (χ1n) is 5.73. The van der Waals surface area contributed by atoms with E-state index in [1.54, 1.807) is 12.1 Å². The molecule has 0 aromatic heterocycles. The van der Waals surface area contributed by atoms with E-state index in [0.717, 1.165) is 25.8 Å². The van der Waals surface area contributed by atoms with Gasteiger partial charge in [-0.05, 0) is 25.0 Å². The summed E-state index contributed by atoms with van der Waals surface area (Å²) in [6, 6.07) is 9.08. The van der Waals surface area contributed by atoms with Crippen molar-refractivity contribution in [3.8, 4) is 0 Å². The van der Waals surface area contributed by atoms with Crippen LogP contribution in [0.25, 0.3) is 0 Å². The molecule has 2 rings (SSSR count). The van der Waals surface area contributed by atoms with Crippen molar-refractivity contribution < 1.29 is 14.5 Å². The molecule has 3 nitrogen and oxygen atoms in total. The third-order valence-corrected chi connectivity index (χ3v) is 2.63. The van der Waals surface area contributed by atoms with E-state index >= 15 is 0 Å². The summed E-state index contributed by atoms with van der Waals surface area (Å²) in [5.74, 6) is 0.441. The van der Waals surface area contributed by atoms with Crippen molar-refractivity contribution in [2.75, 3.05) is 6.54 Å². The first-order valence-corrected chi connectivity index (χ1v) is 5.73. The number of benzene rings is 1. The fourth-order valence-electron chi connectivity index (χ4n) is 1.74. The van der Waals surface area contributed by atoms with Crippen molar-refractivity contribution in [1.29, 1.82) is 0 Å². The van der Waals surface area contributed by atoms with Gasteiger partial charge >= 0.3 is 11.9 Å². The number of rotatable bonds is 1. The number of ether oxygens (including phenoxy) is 1. The maximum absolute atomic E-state index is 11.7. The van der Waals surface area contributed by atoms with Crippen molar-refractivity contribution in [3.63, 3.8) is 0 Å². The number of esters is 1. The number of carbonyl (C=O) groups is 1. The Balaban J connectivity index is 1.99. The zero-order valence-corrected chi connectivity index (χ0v) is 9.24. The van der Waals surface area contributed by atoms with E-state index in [-0.39, 0.29) is 5.97 Å². The van der Waals surface area contributed by atoms with Gasteiger partial charge in [0.1, 0.15) is 6.54 Å². The van der Waals surface area contributed by atoms with Crippen LogP contribution in [0.3, 0.4) is 0 Å². The topological polar surface area (TPSA) is 40.3 Å². The van der Waals surface area contributed by atoms with Crippen LogP contribution in [-0.2, 0) is 4.74 Å². The molecule has 0 unspecified atom stereocenters. The Morgan fingerprint density at radius 1 is 1.12 bits per heavy atom. The lowest BCUT2D eigenvalue weighted by atomic mass is 10.2. The summed E-state index contributed by atoms with van der Waals surface area (Å²) in [7, 11) is 0. The second kappa shape index (κ2) is 5.45. The third-order valence-electron chi connectivity index (χ3n) is 2.63. The van der Waals surface area contributed by atoms with Crippen LogP contribution in [0.5, 0.6) is 0 Å². The van der Waals surface area contributed by atoms with Gasteiger partial charge in [0.2, 0.25) is 0 Å². The molecule has 0 saturated carbocycles. The van der Waals surface area contributed by atoms with Crippen molar-refractivity contribution in [2.45, 2.75) is 25.7 Å². The van der Waals surface area contributed by atoms with E-state index in [0.29, 0.717) is 11.5 Å². The number of nitrogens with one attached hydrogen (secondary N) is 1. The van der Waals surface area contributed by atoms with Crippen LogP contribution in [0.1, 0.15) is 36.0 Å². The monoisotopic (exact) mass is 218 g/mol. The van der Waals surface area contributed by atoms with Gasteiger partial charge in [0.25, 0.3) is 0 Å². The first kappa shape index (κ1) is 10.9. The van der Waals surface area contributed by atoms with Crippen molar-refractivity contribution in [2.24, 2.45) is 0 Å². The highest BCUT2D eigenvalue weighted by Crippen LogP contribution is 2.05. The highest BCUT2D eigenvalue weighted by Gasteiger charge is 2.16. The summed E-state index contributed by atoms with van der Waals surface area (Å²) < 4.78 is 5.32. The van der Waals surface area contributed by atoms with E-state index in [1.165, 1.54) is 6.42 Å². The zero-order chi connectivity index (χ0) is 11.2. The van der Waals surface area contributed by atoms with Crippen LogP contribution in [0.2, 0.25) is 0 Å². The minimum absolute atomic E-state index is 0.273. The van der Waals surface area contributed by atoms with Gasteiger partial charge in [-0.25, -0.2) is 9.79 Å². The molecule has 0 amide bonds. The normalized spacial score (nSPS) is 16.1. The predicted octanol–water partition coefficient (Wildman–Crippen LogP) is 0.896. The smallest absolute Gasteiger partial charge is 0.347 e. The Kier molecular flexibility index (Phi) is 3.70. The summed E-state index contributed by atoms with van der Waals surface area (Å²) >= 11 is 0. The minimum Gasteiger partial charge on any atom is -0.371 e. The number of hydrogen-bond acceptors (Lipinski definition) is 2. The van der Waals surface area contributed by atoms with Crippen LogP contribution in [-0.4, -0.2) is 18.4 Å². The molecule has 0 spiro atoms. The Morgan fingerprint density at radius 2 is 1.94 bits per heavy atom. The van der Waals surface area contributed by atoms with Gasteiger partial charge in [0.05, 0.1) is 12.0 Å². The summed E-state index contributed by atoms with van der Waals surface area (Å²) in [6.45, 7) is 0.900. The molecule has 0 atom stereocenters. The summed E-state index contributed by atoms with van der Waals surface area (Å²) in [6.07, 6.45) is 4.26. The van der Waals surface area contributed by atoms with Gasteiger partial charge in [-0.3, -0.25) is 0 Å². The molecule has 0 saturated heterocycles. The van der Waals surface area contributed by atoms with E-state index in [1.807, 2.05) is 18.2 Å². The van der Waals surface area contributed by atoms with E-state index in [9.17, 15) is 4.79 Å². The summed E-state index contributed by atoms with van der Waals surface area (Å²) in [5, 5.41) is 0. The molecule has 3 heteroatoms. The quantitative estimate of drug-likeness (QED) is 0.711. The van der Waals surface area contributed by atoms with Crippen molar-refractivity contribution in [3.05, 3.63) is 35.9 Å². The van der Waals surface area contributed by atoms with Crippen molar-refractivity contribution >= 4 is 11.9 Å². The van der Waals surface area contributed by atoms with Crippen molar-refractivity contribution in [1.82, 2.24) is 0 Å². The molecule has 84 valence electrons. The molecule has 1 aliphatic rings. The molecule has 1 aromatic rings. The van der Waals surface area contributed by atoms with Crippen LogP contribution in [0.4, 0.5) is 0 Å². The van der Waals surface area contributed by atoms with E-state index in [2.05, 4.69) is 4.99 Å². The lowest BCUT2D eigenvalue weighted by Gasteiger charge is -2.01. The third kappa shape index (κ3) is 2.92. The largest absolute Gasteiger partial charge is 0.371 e. The molecule has 0 aliphatic carbocycles. The Hall–Kier alpha value is -1.64. The molecule has 0 fully saturated rings. The van der Waals surface area contributed by atoms with Crippen LogP contribution >= 0.6 is 0 Å². The van der Waals surface area contributed by atoms with E-state index in [4.69, 9.17) is 4.74 Å². The Bertz CT molecular complexity index is 384. The van der Waals surface area contributed by atoms with Gasteiger partial charge in [0.15, 0.2) is 0 Å². The Labute approximate surface area is 95.2 Å². The molecule has 0 radical (unpaired) electrons. The van der Waals surface area contributed by atoms with Gasteiger partial charge in [-0.15, -0.1) is 0 Å². The van der Waals surface area contributed by atoms with Gasteiger partial charge in [-0.1, -0.05) is 18.2 Å². The maximum atomic E-state index is 11.7. The lowest BCUT2D eigenvalue weighted by Crippen LogP contribution is -2.73. The van der Waals surface area contributed by atoms with Gasteiger partial charge in [0, 0.05) is 6.42 Å².